The highest BCUT2D eigenvalue weighted by atomic mass is 16.6. The lowest BCUT2D eigenvalue weighted by Crippen LogP contribution is -2.44. The van der Waals surface area contributed by atoms with Crippen molar-refractivity contribution in [1.82, 2.24) is 0 Å². The summed E-state index contributed by atoms with van der Waals surface area (Å²) >= 11 is 0. The van der Waals surface area contributed by atoms with Gasteiger partial charge >= 0.3 is 12.2 Å². The molecule has 2 amide bonds. The highest BCUT2D eigenvalue weighted by Gasteiger charge is 2.34. The van der Waals surface area contributed by atoms with Crippen molar-refractivity contribution in [2.75, 3.05) is 4.90 Å². The van der Waals surface area contributed by atoms with E-state index < -0.39 is 23.4 Å². The molecular formula is C18H25NO4. The fraction of sp³-hybridized carbons (Fsp3) is 0.556. The van der Waals surface area contributed by atoms with E-state index in [-0.39, 0.29) is 0 Å². The Hall–Kier alpha value is -2.22. The van der Waals surface area contributed by atoms with Gasteiger partial charge in [-0.1, -0.05) is 26.0 Å². The number of hydrogen-bond donors (Lipinski definition) is 0. The van der Waals surface area contributed by atoms with Crippen LogP contribution in [0.25, 0.3) is 0 Å². The Balaban J connectivity index is 3.08. The van der Waals surface area contributed by atoms with E-state index in [9.17, 15) is 9.59 Å². The maximum Gasteiger partial charge on any atom is 0.424 e. The van der Waals surface area contributed by atoms with Crippen LogP contribution in [0.3, 0.4) is 0 Å². The highest BCUT2D eigenvalue weighted by molar-refractivity contribution is 6.09. The Labute approximate surface area is 138 Å². The zero-order valence-electron chi connectivity index (χ0n) is 14.7. The Morgan fingerprint density at radius 1 is 1.00 bits per heavy atom. The third kappa shape index (κ3) is 5.48. The van der Waals surface area contributed by atoms with Gasteiger partial charge in [0.2, 0.25) is 0 Å². The van der Waals surface area contributed by atoms with Crippen LogP contribution in [0.1, 0.15) is 54.4 Å². The molecular weight excluding hydrogens is 294 g/mol. The molecule has 5 nitrogen and oxygen atoms in total. The topological polar surface area (TPSA) is 55.8 Å². The van der Waals surface area contributed by atoms with Crippen LogP contribution in [-0.2, 0) is 9.47 Å². The normalized spacial score (nSPS) is 11.4. The molecule has 0 N–H and O–H groups in total. The summed E-state index contributed by atoms with van der Waals surface area (Å²) in [6.07, 6.45) is -0.296. The Bertz CT molecular complexity index is 507. The van der Waals surface area contributed by atoms with Crippen LogP contribution in [0.5, 0.6) is 0 Å². The molecule has 0 radical (unpaired) electrons. The van der Waals surface area contributed by atoms with Crippen LogP contribution in [0, 0.1) is 12.1 Å². The standard InChI is InChI=1S/C18H25NO4/c1-7-17(3,4)22-15(20)19(14-12-10-9-11-13-14)16(21)23-18(5,6)8-2/h10,12-13H,7-8H2,1-6H3. The number of amides is 2. The van der Waals surface area contributed by atoms with E-state index in [4.69, 9.17) is 9.47 Å². The second kappa shape index (κ2) is 7.36. The molecule has 0 heterocycles. The molecule has 0 bridgehead atoms. The summed E-state index contributed by atoms with van der Waals surface area (Å²) in [4.78, 5) is 25.9. The van der Waals surface area contributed by atoms with Crippen molar-refractivity contribution >= 4 is 17.9 Å². The van der Waals surface area contributed by atoms with Gasteiger partial charge in [0, 0.05) is 6.07 Å². The van der Waals surface area contributed by atoms with E-state index in [1.807, 2.05) is 13.8 Å². The molecule has 0 saturated carbocycles. The lowest BCUT2D eigenvalue weighted by atomic mass is 10.1. The van der Waals surface area contributed by atoms with Crippen molar-refractivity contribution in [3.8, 4) is 0 Å². The van der Waals surface area contributed by atoms with E-state index in [1.54, 1.807) is 39.8 Å². The third-order valence-electron chi connectivity index (χ3n) is 3.69. The molecule has 1 aromatic rings. The summed E-state index contributed by atoms with van der Waals surface area (Å²) in [5.41, 5.74) is -1.03. The molecule has 0 aliphatic carbocycles. The molecule has 0 aromatic heterocycles. The number of hydrogen-bond acceptors (Lipinski definition) is 4. The van der Waals surface area contributed by atoms with E-state index >= 15 is 0 Å². The van der Waals surface area contributed by atoms with Gasteiger partial charge in [-0.3, -0.25) is 0 Å². The van der Waals surface area contributed by atoms with Gasteiger partial charge in [-0.25, -0.2) is 9.59 Å². The summed E-state index contributed by atoms with van der Waals surface area (Å²) < 4.78 is 10.9. The minimum absolute atomic E-state index is 0.331. The highest BCUT2D eigenvalue weighted by Crippen LogP contribution is 2.23. The van der Waals surface area contributed by atoms with Crippen molar-refractivity contribution in [3.05, 3.63) is 30.3 Å². The predicted octanol–water partition coefficient (Wildman–Crippen LogP) is 4.74. The molecule has 0 unspecified atom stereocenters. The summed E-state index contributed by atoms with van der Waals surface area (Å²) in [7, 11) is 0. The van der Waals surface area contributed by atoms with Crippen molar-refractivity contribution in [1.29, 1.82) is 0 Å². The van der Waals surface area contributed by atoms with Gasteiger partial charge in [0.15, 0.2) is 0 Å². The van der Waals surface area contributed by atoms with Crippen LogP contribution in [0.4, 0.5) is 15.3 Å². The third-order valence-corrected chi connectivity index (χ3v) is 3.69. The molecule has 0 atom stereocenters. The minimum atomic E-state index is -0.770. The smallest absolute Gasteiger partial charge is 0.424 e. The maximum atomic E-state index is 12.5. The van der Waals surface area contributed by atoms with Crippen LogP contribution >= 0.6 is 0 Å². The number of anilines is 1. The summed E-state index contributed by atoms with van der Waals surface area (Å²) in [5.74, 6) is 0. The first-order chi connectivity index (χ1) is 10.6. The summed E-state index contributed by atoms with van der Waals surface area (Å²) in [6, 6.07) is 10.1. The monoisotopic (exact) mass is 319 g/mol. The van der Waals surface area contributed by atoms with Crippen LogP contribution < -0.4 is 4.90 Å². The molecule has 0 fully saturated rings. The van der Waals surface area contributed by atoms with Gasteiger partial charge in [0.1, 0.15) is 11.2 Å². The van der Waals surface area contributed by atoms with Gasteiger partial charge in [0.25, 0.3) is 0 Å². The molecule has 1 rings (SSSR count). The Morgan fingerprint density at radius 3 is 1.83 bits per heavy atom. The zero-order valence-corrected chi connectivity index (χ0v) is 14.7. The number of ether oxygens (including phenoxy) is 2. The first kappa shape index (κ1) is 18.8. The molecule has 1 aromatic carbocycles. The SMILES string of the molecule is CCC(C)(C)OC(=O)N(C(=O)OC(C)(C)CC)c1cc#ccc1. The molecule has 0 aliphatic heterocycles. The molecule has 0 saturated heterocycles. The first-order valence-corrected chi connectivity index (χ1v) is 7.75. The van der Waals surface area contributed by atoms with E-state index in [0.717, 1.165) is 4.90 Å². The van der Waals surface area contributed by atoms with E-state index in [2.05, 4.69) is 12.1 Å². The van der Waals surface area contributed by atoms with Crippen LogP contribution in [0.15, 0.2) is 18.2 Å². The summed E-state index contributed by atoms with van der Waals surface area (Å²) in [6.45, 7) is 11.0. The first-order valence-electron chi connectivity index (χ1n) is 7.75. The average Bonchev–Trinajstić information content (AvgIpc) is 2.47. The largest absolute Gasteiger partial charge is 0.443 e. The Morgan fingerprint density at radius 2 is 1.48 bits per heavy atom. The lowest BCUT2D eigenvalue weighted by Gasteiger charge is -2.30. The molecule has 0 spiro atoms. The fourth-order valence-corrected chi connectivity index (χ4v) is 1.47. The van der Waals surface area contributed by atoms with E-state index in [1.165, 1.54) is 6.07 Å². The van der Waals surface area contributed by atoms with Crippen LogP contribution in [-0.4, -0.2) is 23.4 Å². The van der Waals surface area contributed by atoms with Gasteiger partial charge in [-0.2, -0.15) is 4.90 Å². The number of carbonyl (C=O) groups excluding carboxylic acids is 2. The molecule has 5 heteroatoms. The second-order valence-electron chi connectivity index (χ2n) is 6.49. The second-order valence-corrected chi connectivity index (χ2v) is 6.49. The van der Waals surface area contributed by atoms with Gasteiger partial charge in [-0.15, -0.1) is 0 Å². The lowest BCUT2D eigenvalue weighted by molar-refractivity contribution is 0.0271. The van der Waals surface area contributed by atoms with Gasteiger partial charge < -0.3 is 9.47 Å². The van der Waals surface area contributed by atoms with Crippen LogP contribution in [0.2, 0.25) is 0 Å². The van der Waals surface area contributed by atoms with E-state index in [0.29, 0.717) is 18.5 Å². The molecule has 0 aliphatic rings. The summed E-state index contributed by atoms with van der Waals surface area (Å²) in [5, 5.41) is 0. The van der Waals surface area contributed by atoms with Crippen molar-refractivity contribution in [3.63, 3.8) is 0 Å². The number of nitrogens with zero attached hydrogens (tertiary/aromatic N) is 1. The minimum Gasteiger partial charge on any atom is -0.443 e. The average molecular weight is 319 g/mol. The van der Waals surface area contributed by atoms with Crippen molar-refractivity contribution in [2.45, 2.75) is 65.6 Å². The number of carbonyl (C=O) groups is 2. The van der Waals surface area contributed by atoms with Gasteiger partial charge in [0.05, 0.1) is 5.69 Å². The fourth-order valence-electron chi connectivity index (χ4n) is 1.47. The Kier molecular flexibility index (Phi) is 6.03. The zero-order chi connectivity index (χ0) is 17.7. The van der Waals surface area contributed by atoms with Gasteiger partial charge in [-0.05, 0) is 52.7 Å². The predicted molar refractivity (Wildman–Crippen MR) is 88.3 cm³/mol. The quantitative estimate of drug-likeness (QED) is 0.786. The number of imide groups is 1. The number of rotatable bonds is 5. The maximum absolute atomic E-state index is 12.5. The van der Waals surface area contributed by atoms with Crippen molar-refractivity contribution < 1.29 is 19.1 Å². The molecule has 23 heavy (non-hydrogen) atoms. The molecule has 126 valence electrons. The van der Waals surface area contributed by atoms with Crippen molar-refractivity contribution in [2.24, 2.45) is 0 Å².